The van der Waals surface area contributed by atoms with Gasteiger partial charge in [0.05, 0.1) is 13.7 Å². The first-order chi connectivity index (χ1) is 13.1. The number of nitrogens with two attached hydrogens (primary N) is 1. The van der Waals surface area contributed by atoms with Gasteiger partial charge >= 0.3 is 0 Å². The Bertz CT molecular complexity index is 773. The van der Waals surface area contributed by atoms with E-state index >= 15 is 0 Å². The maximum atomic E-state index is 6.04. The van der Waals surface area contributed by atoms with Gasteiger partial charge in [0.2, 0.25) is 0 Å². The number of guanidine groups is 1. The van der Waals surface area contributed by atoms with Gasteiger partial charge in [-0.3, -0.25) is 4.90 Å². The number of hydrogen-bond donors (Lipinski definition) is 2. The molecule has 1 aliphatic heterocycles. The third-order valence-electron chi connectivity index (χ3n) is 5.05. The summed E-state index contributed by atoms with van der Waals surface area (Å²) in [6, 6.07) is 16.3. The average molecular weight is 494 g/mol. The summed E-state index contributed by atoms with van der Waals surface area (Å²) in [6.07, 6.45) is 2.60. The van der Waals surface area contributed by atoms with Crippen LogP contribution in [-0.2, 0) is 13.1 Å². The first kappa shape index (κ1) is 22.5. The molecule has 0 unspecified atom stereocenters. The summed E-state index contributed by atoms with van der Waals surface area (Å²) in [4.78, 5) is 7.01. The fraction of sp³-hybridized carbons (Fsp3) is 0.409. The number of benzene rings is 2. The Balaban J connectivity index is 0.00000280. The van der Waals surface area contributed by atoms with Crippen LogP contribution in [0.2, 0.25) is 0 Å². The van der Waals surface area contributed by atoms with Crippen LogP contribution >= 0.6 is 24.0 Å². The number of hydrogen-bond acceptors (Lipinski definition) is 3. The molecule has 0 radical (unpaired) electrons. The summed E-state index contributed by atoms with van der Waals surface area (Å²) in [5.41, 5.74) is 9.42. The zero-order valence-corrected chi connectivity index (χ0v) is 19.1. The van der Waals surface area contributed by atoms with Crippen molar-refractivity contribution >= 4 is 35.6 Å². The molecule has 3 N–H and O–H groups in total. The van der Waals surface area contributed by atoms with Crippen LogP contribution in [0.5, 0.6) is 5.75 Å². The minimum atomic E-state index is 0. The lowest BCUT2D eigenvalue weighted by molar-refractivity contribution is 0.185. The molecular weight excluding hydrogens is 463 g/mol. The van der Waals surface area contributed by atoms with E-state index in [9.17, 15) is 0 Å². The lowest BCUT2D eigenvalue weighted by atomic mass is 9.98. The van der Waals surface area contributed by atoms with Crippen molar-refractivity contribution in [2.24, 2.45) is 16.6 Å². The van der Waals surface area contributed by atoms with Gasteiger partial charge in [0.25, 0.3) is 0 Å². The van der Waals surface area contributed by atoms with Crippen molar-refractivity contribution < 1.29 is 4.74 Å². The lowest BCUT2D eigenvalue weighted by Gasteiger charge is -2.30. The summed E-state index contributed by atoms with van der Waals surface area (Å²) in [5, 5.41) is 3.11. The molecule has 1 fully saturated rings. The Morgan fingerprint density at radius 1 is 1.14 bits per heavy atom. The second-order valence-electron chi connectivity index (χ2n) is 7.34. The van der Waals surface area contributed by atoms with Crippen molar-refractivity contribution in [3.05, 3.63) is 59.7 Å². The summed E-state index contributed by atoms with van der Waals surface area (Å²) >= 11 is 0. The average Bonchev–Trinajstić information content (AvgIpc) is 2.69. The van der Waals surface area contributed by atoms with Crippen LogP contribution in [0.1, 0.15) is 30.9 Å². The molecule has 1 aliphatic rings. The predicted octanol–water partition coefficient (Wildman–Crippen LogP) is 4.47. The maximum Gasteiger partial charge on any atom is 0.193 e. The highest BCUT2D eigenvalue weighted by Crippen LogP contribution is 2.19. The minimum Gasteiger partial charge on any atom is -0.497 e. The molecule has 0 aromatic heterocycles. The number of piperidine rings is 1. The summed E-state index contributed by atoms with van der Waals surface area (Å²) in [5.74, 6) is 2.05. The zero-order valence-electron chi connectivity index (χ0n) is 16.7. The first-order valence-corrected chi connectivity index (χ1v) is 9.63. The second-order valence-corrected chi connectivity index (χ2v) is 7.34. The van der Waals surface area contributed by atoms with Crippen molar-refractivity contribution in [3.63, 3.8) is 0 Å². The van der Waals surface area contributed by atoms with E-state index in [-0.39, 0.29) is 24.0 Å². The van der Waals surface area contributed by atoms with Crippen molar-refractivity contribution in [1.29, 1.82) is 0 Å². The van der Waals surface area contributed by atoms with Crippen LogP contribution in [0.25, 0.3) is 0 Å². The second kappa shape index (κ2) is 11.3. The number of ether oxygens (including phenoxy) is 1. The number of aliphatic imine (C=N–C) groups is 1. The highest BCUT2D eigenvalue weighted by atomic mass is 127. The molecule has 1 heterocycles. The molecule has 2 aromatic rings. The number of nitrogens with one attached hydrogen (secondary N) is 1. The van der Waals surface area contributed by atoms with E-state index in [0.29, 0.717) is 12.5 Å². The Kier molecular flexibility index (Phi) is 9.05. The SMILES string of the molecule is COc1cccc(NC(N)=NCc2cccc(CN3CCC(C)CC3)c2)c1.I. The maximum absolute atomic E-state index is 6.04. The Labute approximate surface area is 185 Å². The topological polar surface area (TPSA) is 62.9 Å². The molecule has 2 aromatic carbocycles. The van der Waals surface area contributed by atoms with Gasteiger partial charge in [-0.1, -0.05) is 37.3 Å². The monoisotopic (exact) mass is 494 g/mol. The number of nitrogens with zero attached hydrogens (tertiary/aromatic N) is 2. The molecule has 152 valence electrons. The number of likely N-dealkylation sites (tertiary alicyclic amines) is 1. The highest BCUT2D eigenvalue weighted by Gasteiger charge is 2.15. The molecule has 0 bridgehead atoms. The summed E-state index contributed by atoms with van der Waals surface area (Å²) in [6.45, 7) is 6.32. The quantitative estimate of drug-likeness (QED) is 0.354. The smallest absolute Gasteiger partial charge is 0.193 e. The Morgan fingerprint density at radius 3 is 2.61 bits per heavy atom. The first-order valence-electron chi connectivity index (χ1n) is 9.63. The normalized spacial score (nSPS) is 15.7. The predicted molar refractivity (Wildman–Crippen MR) is 127 cm³/mol. The zero-order chi connectivity index (χ0) is 19.1. The van der Waals surface area contributed by atoms with E-state index in [1.165, 1.54) is 37.1 Å². The van der Waals surface area contributed by atoms with Gasteiger partial charge in [0.15, 0.2) is 5.96 Å². The molecule has 0 amide bonds. The van der Waals surface area contributed by atoms with E-state index in [2.05, 4.69) is 46.4 Å². The van der Waals surface area contributed by atoms with Crippen LogP contribution in [0.3, 0.4) is 0 Å². The minimum absolute atomic E-state index is 0. The molecule has 28 heavy (non-hydrogen) atoms. The van der Waals surface area contributed by atoms with Gasteiger partial charge in [-0.15, -0.1) is 24.0 Å². The number of rotatable bonds is 6. The fourth-order valence-corrected chi connectivity index (χ4v) is 3.37. The van der Waals surface area contributed by atoms with Crippen LogP contribution in [0.15, 0.2) is 53.5 Å². The van der Waals surface area contributed by atoms with Gasteiger partial charge < -0.3 is 15.8 Å². The Morgan fingerprint density at radius 2 is 1.86 bits per heavy atom. The Hall–Kier alpha value is -1.80. The highest BCUT2D eigenvalue weighted by molar-refractivity contribution is 14.0. The third-order valence-corrected chi connectivity index (χ3v) is 5.05. The van der Waals surface area contributed by atoms with Crippen molar-refractivity contribution in [2.75, 3.05) is 25.5 Å². The molecule has 0 spiro atoms. The van der Waals surface area contributed by atoms with Gasteiger partial charge in [-0.25, -0.2) is 4.99 Å². The van der Waals surface area contributed by atoms with Crippen LogP contribution in [0.4, 0.5) is 5.69 Å². The molecule has 0 aliphatic carbocycles. The molecular formula is C22H31IN4O. The van der Waals surface area contributed by atoms with Gasteiger partial charge in [-0.05, 0) is 55.1 Å². The lowest BCUT2D eigenvalue weighted by Crippen LogP contribution is -2.32. The standard InChI is InChI=1S/C22H30N4O.HI/c1-17-9-11-26(12-10-17)16-19-6-3-5-18(13-19)15-24-22(23)25-20-7-4-8-21(14-20)27-2;/h3-8,13-14,17H,9-12,15-16H2,1-2H3,(H3,23,24,25);1H. The largest absolute Gasteiger partial charge is 0.497 e. The van der Waals surface area contributed by atoms with E-state index < -0.39 is 0 Å². The van der Waals surface area contributed by atoms with Crippen molar-refractivity contribution in [1.82, 2.24) is 4.90 Å². The number of anilines is 1. The van der Waals surface area contributed by atoms with E-state index in [1.54, 1.807) is 7.11 Å². The van der Waals surface area contributed by atoms with E-state index in [0.717, 1.165) is 23.9 Å². The summed E-state index contributed by atoms with van der Waals surface area (Å²) in [7, 11) is 1.65. The molecule has 1 saturated heterocycles. The van der Waals surface area contributed by atoms with Crippen LogP contribution < -0.4 is 15.8 Å². The molecule has 5 nitrogen and oxygen atoms in total. The fourth-order valence-electron chi connectivity index (χ4n) is 3.37. The van der Waals surface area contributed by atoms with Crippen LogP contribution in [-0.4, -0.2) is 31.1 Å². The van der Waals surface area contributed by atoms with Crippen molar-refractivity contribution in [3.8, 4) is 5.75 Å². The van der Waals surface area contributed by atoms with Crippen LogP contribution in [0, 0.1) is 5.92 Å². The van der Waals surface area contributed by atoms with Gasteiger partial charge in [-0.2, -0.15) is 0 Å². The van der Waals surface area contributed by atoms with Gasteiger partial charge in [0.1, 0.15) is 5.75 Å². The van der Waals surface area contributed by atoms with Crippen molar-refractivity contribution in [2.45, 2.75) is 32.9 Å². The molecule has 0 atom stereocenters. The third kappa shape index (κ3) is 6.98. The van der Waals surface area contributed by atoms with Gasteiger partial charge in [0, 0.05) is 18.3 Å². The summed E-state index contributed by atoms with van der Waals surface area (Å²) < 4.78 is 5.22. The number of methoxy groups -OCH3 is 1. The molecule has 6 heteroatoms. The van der Waals surface area contributed by atoms with E-state index in [1.807, 2.05) is 24.3 Å². The molecule has 3 rings (SSSR count). The molecule has 0 saturated carbocycles. The van der Waals surface area contributed by atoms with E-state index in [4.69, 9.17) is 10.5 Å². The number of halogens is 1.